The number of hydrogen-bond acceptors (Lipinski definition) is 3. The zero-order valence-corrected chi connectivity index (χ0v) is 10.4. The first kappa shape index (κ1) is 11.9. The van der Waals surface area contributed by atoms with E-state index in [9.17, 15) is 4.79 Å². The second-order valence-corrected chi connectivity index (χ2v) is 4.94. The van der Waals surface area contributed by atoms with Gasteiger partial charge in [0.05, 0.1) is 11.3 Å². The van der Waals surface area contributed by atoms with Gasteiger partial charge in [0, 0.05) is 25.5 Å². The Morgan fingerprint density at radius 1 is 1.53 bits per heavy atom. The van der Waals surface area contributed by atoms with Gasteiger partial charge in [-0.2, -0.15) is 0 Å². The third kappa shape index (κ3) is 2.96. The minimum atomic E-state index is -0.0397. The summed E-state index contributed by atoms with van der Waals surface area (Å²) < 4.78 is 0. The highest BCUT2D eigenvalue weighted by Gasteiger charge is 2.37. The fourth-order valence-corrected chi connectivity index (χ4v) is 1.70. The fourth-order valence-electron chi connectivity index (χ4n) is 1.70. The Hall–Kier alpha value is -1.58. The van der Waals surface area contributed by atoms with Crippen LogP contribution in [0.4, 0.5) is 5.69 Å². The summed E-state index contributed by atoms with van der Waals surface area (Å²) in [6.07, 6.45) is 5.72. The van der Waals surface area contributed by atoms with Crippen molar-refractivity contribution in [2.75, 3.05) is 18.4 Å². The lowest BCUT2D eigenvalue weighted by Crippen LogP contribution is -2.29. The number of hydrogen-bond donors (Lipinski definition) is 2. The van der Waals surface area contributed by atoms with E-state index >= 15 is 0 Å². The van der Waals surface area contributed by atoms with Crippen LogP contribution in [-0.4, -0.2) is 24.0 Å². The van der Waals surface area contributed by atoms with E-state index in [1.165, 1.54) is 12.8 Å². The number of carbonyl (C=O) groups excluding carboxylic acids is 1. The van der Waals surface area contributed by atoms with E-state index in [0.29, 0.717) is 11.0 Å². The Bertz CT molecular complexity index is 413. The van der Waals surface area contributed by atoms with E-state index < -0.39 is 0 Å². The number of pyridine rings is 1. The molecular weight excluding hydrogens is 214 g/mol. The van der Waals surface area contributed by atoms with Crippen LogP contribution in [0, 0.1) is 5.41 Å². The van der Waals surface area contributed by atoms with Crippen LogP contribution in [0.15, 0.2) is 18.5 Å². The molecule has 1 saturated carbocycles. The Labute approximate surface area is 102 Å². The standard InChI is InChI=1S/C13H19N3O/c1-3-15-11-4-7-14-8-10(11)12(17)16-9-13(2)5-6-13/h4,7-8H,3,5-6,9H2,1-2H3,(H,14,15)(H,16,17). The number of aromatic nitrogens is 1. The Kier molecular flexibility index (Phi) is 3.31. The second kappa shape index (κ2) is 4.73. The maximum absolute atomic E-state index is 12.0. The van der Waals surface area contributed by atoms with Crippen molar-refractivity contribution in [3.05, 3.63) is 24.0 Å². The summed E-state index contributed by atoms with van der Waals surface area (Å²) in [6.45, 7) is 5.75. The Morgan fingerprint density at radius 3 is 2.94 bits per heavy atom. The van der Waals surface area contributed by atoms with Crippen molar-refractivity contribution < 1.29 is 4.79 Å². The minimum absolute atomic E-state index is 0.0397. The normalized spacial score (nSPS) is 16.4. The van der Waals surface area contributed by atoms with E-state index in [-0.39, 0.29) is 5.91 Å². The summed E-state index contributed by atoms with van der Waals surface area (Å²) in [5.74, 6) is -0.0397. The number of nitrogens with zero attached hydrogens (tertiary/aromatic N) is 1. The molecule has 0 bridgehead atoms. The molecule has 1 aromatic heterocycles. The minimum Gasteiger partial charge on any atom is -0.385 e. The van der Waals surface area contributed by atoms with Gasteiger partial charge in [-0.05, 0) is 31.2 Å². The molecule has 1 amide bonds. The summed E-state index contributed by atoms with van der Waals surface area (Å²) in [4.78, 5) is 16.0. The number of amides is 1. The van der Waals surface area contributed by atoms with Crippen LogP contribution in [0.5, 0.6) is 0 Å². The summed E-state index contributed by atoms with van der Waals surface area (Å²) in [5, 5.41) is 6.15. The predicted molar refractivity (Wildman–Crippen MR) is 68.1 cm³/mol. The molecule has 4 nitrogen and oxygen atoms in total. The van der Waals surface area contributed by atoms with Gasteiger partial charge in [-0.3, -0.25) is 9.78 Å². The Morgan fingerprint density at radius 2 is 2.29 bits per heavy atom. The van der Waals surface area contributed by atoms with Gasteiger partial charge < -0.3 is 10.6 Å². The maximum Gasteiger partial charge on any atom is 0.254 e. The van der Waals surface area contributed by atoms with Crippen LogP contribution in [0.25, 0.3) is 0 Å². The highest BCUT2D eigenvalue weighted by atomic mass is 16.1. The van der Waals surface area contributed by atoms with Crippen molar-refractivity contribution >= 4 is 11.6 Å². The lowest BCUT2D eigenvalue weighted by Gasteiger charge is -2.12. The first-order chi connectivity index (χ1) is 8.14. The molecule has 0 aliphatic heterocycles. The number of nitrogens with one attached hydrogen (secondary N) is 2. The molecule has 4 heteroatoms. The molecule has 2 rings (SSSR count). The molecule has 0 saturated heterocycles. The lowest BCUT2D eigenvalue weighted by molar-refractivity contribution is 0.0946. The smallest absolute Gasteiger partial charge is 0.254 e. The molecule has 0 radical (unpaired) electrons. The summed E-state index contributed by atoms with van der Waals surface area (Å²) in [5.41, 5.74) is 1.80. The summed E-state index contributed by atoms with van der Waals surface area (Å²) in [6, 6.07) is 1.83. The van der Waals surface area contributed by atoms with E-state index in [2.05, 4.69) is 22.5 Å². The van der Waals surface area contributed by atoms with Crippen LogP contribution in [-0.2, 0) is 0 Å². The maximum atomic E-state index is 12.0. The van der Waals surface area contributed by atoms with Gasteiger partial charge in [0.25, 0.3) is 5.91 Å². The SMILES string of the molecule is CCNc1ccncc1C(=O)NCC1(C)CC1. The quantitative estimate of drug-likeness (QED) is 0.818. The van der Waals surface area contributed by atoms with Gasteiger partial charge in [0.2, 0.25) is 0 Å². The molecule has 0 aromatic carbocycles. The molecule has 17 heavy (non-hydrogen) atoms. The summed E-state index contributed by atoms with van der Waals surface area (Å²) >= 11 is 0. The molecule has 0 unspecified atom stereocenters. The van der Waals surface area contributed by atoms with Crippen molar-refractivity contribution in [2.24, 2.45) is 5.41 Å². The number of rotatable bonds is 5. The van der Waals surface area contributed by atoms with Crippen LogP contribution in [0.3, 0.4) is 0 Å². The van der Waals surface area contributed by atoms with Crippen LogP contribution < -0.4 is 10.6 Å². The predicted octanol–water partition coefficient (Wildman–Crippen LogP) is 2.04. The van der Waals surface area contributed by atoms with Crippen LogP contribution in [0.2, 0.25) is 0 Å². The van der Waals surface area contributed by atoms with E-state index in [4.69, 9.17) is 0 Å². The molecule has 2 N–H and O–H groups in total. The van der Waals surface area contributed by atoms with Crippen LogP contribution >= 0.6 is 0 Å². The molecule has 0 spiro atoms. The van der Waals surface area contributed by atoms with Crippen LogP contribution in [0.1, 0.15) is 37.0 Å². The molecule has 92 valence electrons. The van der Waals surface area contributed by atoms with Gasteiger partial charge in [-0.25, -0.2) is 0 Å². The van der Waals surface area contributed by atoms with E-state index in [1.54, 1.807) is 12.4 Å². The average molecular weight is 233 g/mol. The molecule has 1 aliphatic rings. The lowest BCUT2D eigenvalue weighted by atomic mass is 10.1. The van der Waals surface area contributed by atoms with Crippen molar-refractivity contribution in [3.63, 3.8) is 0 Å². The van der Waals surface area contributed by atoms with Gasteiger partial charge in [0.15, 0.2) is 0 Å². The zero-order valence-electron chi connectivity index (χ0n) is 10.4. The molecule has 0 atom stereocenters. The molecular formula is C13H19N3O. The molecule has 1 aliphatic carbocycles. The highest BCUT2D eigenvalue weighted by Crippen LogP contribution is 2.44. The van der Waals surface area contributed by atoms with Crippen molar-refractivity contribution in [1.82, 2.24) is 10.3 Å². The zero-order chi connectivity index (χ0) is 12.3. The monoisotopic (exact) mass is 233 g/mol. The number of carbonyl (C=O) groups is 1. The average Bonchev–Trinajstić information content (AvgIpc) is 3.06. The molecule has 1 fully saturated rings. The van der Waals surface area contributed by atoms with Crippen molar-refractivity contribution in [1.29, 1.82) is 0 Å². The highest BCUT2D eigenvalue weighted by molar-refractivity contribution is 5.99. The van der Waals surface area contributed by atoms with E-state index in [0.717, 1.165) is 18.8 Å². The Balaban J connectivity index is 2.02. The molecule has 1 heterocycles. The van der Waals surface area contributed by atoms with Gasteiger partial charge >= 0.3 is 0 Å². The third-order valence-electron chi connectivity index (χ3n) is 3.21. The third-order valence-corrected chi connectivity index (χ3v) is 3.21. The van der Waals surface area contributed by atoms with Gasteiger partial charge in [-0.15, -0.1) is 0 Å². The molecule has 1 aromatic rings. The second-order valence-electron chi connectivity index (χ2n) is 4.94. The first-order valence-electron chi connectivity index (χ1n) is 6.11. The van der Waals surface area contributed by atoms with Gasteiger partial charge in [0.1, 0.15) is 0 Å². The van der Waals surface area contributed by atoms with Crippen molar-refractivity contribution in [2.45, 2.75) is 26.7 Å². The van der Waals surface area contributed by atoms with E-state index in [1.807, 2.05) is 13.0 Å². The topological polar surface area (TPSA) is 54.0 Å². The number of anilines is 1. The van der Waals surface area contributed by atoms with Gasteiger partial charge in [-0.1, -0.05) is 6.92 Å². The summed E-state index contributed by atoms with van der Waals surface area (Å²) in [7, 11) is 0. The van der Waals surface area contributed by atoms with Crippen molar-refractivity contribution in [3.8, 4) is 0 Å². The first-order valence-corrected chi connectivity index (χ1v) is 6.11. The largest absolute Gasteiger partial charge is 0.385 e. The fraction of sp³-hybridized carbons (Fsp3) is 0.538.